The number of aryl methyl sites for hydroxylation is 1. The smallest absolute Gasteiger partial charge is 0.256 e. The zero-order valence-corrected chi connectivity index (χ0v) is 15.9. The number of hydrogen-bond acceptors (Lipinski definition) is 6. The van der Waals surface area contributed by atoms with Gasteiger partial charge in [-0.15, -0.1) is 0 Å². The molecule has 1 aromatic carbocycles. The third-order valence-electron chi connectivity index (χ3n) is 5.70. The normalized spacial score (nSPS) is 20.9. The number of aromatic nitrogens is 5. The van der Waals surface area contributed by atoms with E-state index in [1.807, 2.05) is 17.9 Å². The minimum atomic E-state index is -0.459. The lowest BCUT2D eigenvalue weighted by Crippen LogP contribution is -2.66. The second-order valence-corrected chi connectivity index (χ2v) is 7.50. The Balaban J connectivity index is 1.40. The summed E-state index contributed by atoms with van der Waals surface area (Å²) in [5.74, 6) is 0.472. The number of benzene rings is 1. The van der Waals surface area contributed by atoms with Gasteiger partial charge in [-0.05, 0) is 37.6 Å². The Morgan fingerprint density at radius 3 is 2.76 bits per heavy atom. The highest BCUT2D eigenvalue weighted by molar-refractivity contribution is 5.98. The van der Waals surface area contributed by atoms with E-state index in [9.17, 15) is 9.18 Å². The van der Waals surface area contributed by atoms with Crippen LogP contribution in [0.2, 0.25) is 0 Å². The van der Waals surface area contributed by atoms with Crippen LogP contribution in [0.25, 0.3) is 5.69 Å². The highest BCUT2D eigenvalue weighted by atomic mass is 19.1. The Morgan fingerprint density at radius 2 is 1.97 bits per heavy atom. The molecule has 0 saturated carbocycles. The van der Waals surface area contributed by atoms with Crippen molar-refractivity contribution in [2.75, 3.05) is 24.5 Å². The van der Waals surface area contributed by atoms with Gasteiger partial charge < -0.3 is 9.80 Å². The maximum atomic E-state index is 13.9. The molecule has 4 heterocycles. The van der Waals surface area contributed by atoms with E-state index in [2.05, 4.69) is 25.1 Å². The molecule has 0 N–H and O–H groups in total. The Hall–Kier alpha value is -3.36. The molecule has 8 nitrogen and oxygen atoms in total. The van der Waals surface area contributed by atoms with Gasteiger partial charge in [-0.2, -0.15) is 15.0 Å². The van der Waals surface area contributed by atoms with Crippen molar-refractivity contribution in [3.8, 4) is 5.69 Å². The Labute approximate surface area is 167 Å². The molecular weight excluding hydrogens is 373 g/mol. The molecule has 0 unspecified atom stereocenters. The first kappa shape index (κ1) is 17.7. The number of carbonyl (C=O) groups excluding carboxylic acids is 1. The second kappa shape index (κ2) is 6.91. The summed E-state index contributed by atoms with van der Waals surface area (Å²) in [4.78, 5) is 27.5. The van der Waals surface area contributed by atoms with E-state index in [0.717, 1.165) is 18.7 Å². The fourth-order valence-electron chi connectivity index (χ4n) is 4.15. The average Bonchev–Trinajstić information content (AvgIpc) is 3.23. The molecule has 29 heavy (non-hydrogen) atoms. The highest BCUT2D eigenvalue weighted by Crippen LogP contribution is 2.35. The van der Waals surface area contributed by atoms with E-state index >= 15 is 0 Å². The summed E-state index contributed by atoms with van der Waals surface area (Å²) < 4.78 is 13.9. The quantitative estimate of drug-likeness (QED) is 0.676. The van der Waals surface area contributed by atoms with Gasteiger partial charge in [0.2, 0.25) is 5.95 Å². The van der Waals surface area contributed by atoms with Crippen LogP contribution in [0.4, 0.5) is 10.3 Å². The van der Waals surface area contributed by atoms with Crippen LogP contribution in [0.1, 0.15) is 22.5 Å². The van der Waals surface area contributed by atoms with Gasteiger partial charge in [0.25, 0.3) is 5.91 Å². The molecule has 1 amide bonds. The van der Waals surface area contributed by atoms with Crippen LogP contribution in [0, 0.1) is 18.7 Å². The zero-order valence-electron chi connectivity index (χ0n) is 15.9. The summed E-state index contributed by atoms with van der Waals surface area (Å²) in [5, 5.41) is 8.18. The summed E-state index contributed by atoms with van der Waals surface area (Å²) >= 11 is 0. The van der Waals surface area contributed by atoms with Gasteiger partial charge in [-0.25, -0.2) is 14.4 Å². The molecule has 3 aromatic rings. The molecule has 2 aliphatic heterocycles. The minimum Gasteiger partial charge on any atom is -0.339 e. The van der Waals surface area contributed by atoms with Gasteiger partial charge in [-0.1, -0.05) is 0 Å². The zero-order chi connectivity index (χ0) is 20.0. The predicted molar refractivity (Wildman–Crippen MR) is 103 cm³/mol. The first-order valence-electron chi connectivity index (χ1n) is 9.62. The fourth-order valence-corrected chi connectivity index (χ4v) is 4.15. The lowest BCUT2D eigenvalue weighted by atomic mass is 9.81. The van der Waals surface area contributed by atoms with Crippen molar-refractivity contribution in [1.29, 1.82) is 0 Å². The van der Waals surface area contributed by atoms with Gasteiger partial charge in [0.1, 0.15) is 5.82 Å². The lowest BCUT2D eigenvalue weighted by molar-refractivity contribution is 0.00762. The average molecular weight is 393 g/mol. The van der Waals surface area contributed by atoms with Crippen LogP contribution >= 0.6 is 0 Å². The molecule has 2 fully saturated rings. The van der Waals surface area contributed by atoms with E-state index in [4.69, 9.17) is 0 Å². The SMILES string of the molecule is Cc1ccnc(N2CC[C@@H]3CN(C(=O)c4cc(F)ccc4-n4nccn4)[C@@H]3C2)n1. The number of fused-ring (bicyclic) bond motifs is 1. The number of nitrogens with zero attached hydrogens (tertiary/aromatic N) is 7. The molecule has 0 bridgehead atoms. The van der Waals surface area contributed by atoms with Gasteiger partial charge in [0.05, 0.1) is 29.7 Å². The van der Waals surface area contributed by atoms with Crippen molar-refractivity contribution in [1.82, 2.24) is 29.9 Å². The van der Waals surface area contributed by atoms with E-state index in [0.29, 0.717) is 30.6 Å². The Kier molecular flexibility index (Phi) is 4.22. The van der Waals surface area contributed by atoms with Crippen molar-refractivity contribution < 1.29 is 9.18 Å². The molecule has 2 aromatic heterocycles. The lowest BCUT2D eigenvalue weighted by Gasteiger charge is -2.53. The van der Waals surface area contributed by atoms with Crippen molar-refractivity contribution in [3.05, 3.63) is 59.9 Å². The first-order chi connectivity index (χ1) is 14.1. The maximum Gasteiger partial charge on any atom is 0.256 e. The Morgan fingerprint density at radius 1 is 1.14 bits per heavy atom. The van der Waals surface area contributed by atoms with Crippen LogP contribution in [0.3, 0.4) is 0 Å². The van der Waals surface area contributed by atoms with Crippen molar-refractivity contribution >= 4 is 11.9 Å². The van der Waals surface area contributed by atoms with E-state index in [1.54, 1.807) is 6.20 Å². The van der Waals surface area contributed by atoms with Gasteiger partial charge >= 0.3 is 0 Å². The molecule has 0 aliphatic carbocycles. The largest absolute Gasteiger partial charge is 0.339 e. The number of carbonyl (C=O) groups is 1. The minimum absolute atomic E-state index is 0.0575. The third kappa shape index (κ3) is 3.12. The molecule has 0 spiro atoms. The van der Waals surface area contributed by atoms with E-state index in [-0.39, 0.29) is 17.5 Å². The number of piperidine rings is 1. The molecule has 2 atom stereocenters. The highest BCUT2D eigenvalue weighted by Gasteiger charge is 2.46. The molecule has 148 valence electrons. The molecule has 2 aliphatic rings. The monoisotopic (exact) mass is 393 g/mol. The van der Waals surface area contributed by atoms with Crippen molar-refractivity contribution in [2.24, 2.45) is 5.92 Å². The number of halogens is 1. The van der Waals surface area contributed by atoms with Crippen molar-refractivity contribution in [3.63, 3.8) is 0 Å². The van der Waals surface area contributed by atoms with Gasteiger partial charge in [0, 0.05) is 37.4 Å². The molecule has 9 heteroatoms. The summed E-state index contributed by atoms with van der Waals surface area (Å²) in [6, 6.07) is 6.03. The third-order valence-corrected chi connectivity index (χ3v) is 5.70. The first-order valence-corrected chi connectivity index (χ1v) is 9.62. The second-order valence-electron chi connectivity index (χ2n) is 7.50. The molecule has 2 saturated heterocycles. The molecular formula is C20H20FN7O. The number of rotatable bonds is 3. The number of likely N-dealkylation sites (tertiary alicyclic amines) is 1. The van der Waals surface area contributed by atoms with Crippen molar-refractivity contribution in [2.45, 2.75) is 19.4 Å². The fraction of sp³-hybridized carbons (Fsp3) is 0.350. The van der Waals surface area contributed by atoms with Crippen LogP contribution < -0.4 is 4.90 Å². The van der Waals surface area contributed by atoms with E-state index < -0.39 is 5.82 Å². The maximum absolute atomic E-state index is 13.9. The standard InChI is InChI=1S/C20H20FN7O/c1-13-4-6-22-20(25-13)26-9-5-14-11-27(18(14)12-26)19(29)16-10-15(21)2-3-17(16)28-23-7-8-24-28/h2-4,6-8,10,14,18H,5,9,11-12H2,1H3/t14-,18-/m1/s1. The van der Waals surface area contributed by atoms with Crippen LogP contribution in [0.15, 0.2) is 42.9 Å². The molecule has 0 radical (unpaired) electrons. The topological polar surface area (TPSA) is 80.0 Å². The molecule has 5 rings (SSSR count). The van der Waals surface area contributed by atoms with Gasteiger partial charge in [0.15, 0.2) is 0 Å². The Bertz CT molecular complexity index is 1050. The summed E-state index contributed by atoms with van der Waals surface area (Å²) in [7, 11) is 0. The van der Waals surface area contributed by atoms with E-state index in [1.165, 1.54) is 35.4 Å². The summed E-state index contributed by atoms with van der Waals surface area (Å²) in [5.41, 5.74) is 1.65. The van der Waals surface area contributed by atoms with Gasteiger partial charge in [-0.3, -0.25) is 4.79 Å². The number of amides is 1. The number of anilines is 1. The van der Waals surface area contributed by atoms with Crippen LogP contribution in [0.5, 0.6) is 0 Å². The van der Waals surface area contributed by atoms with Crippen LogP contribution in [-0.2, 0) is 0 Å². The summed E-state index contributed by atoms with van der Waals surface area (Å²) in [6.45, 7) is 4.15. The van der Waals surface area contributed by atoms with Crippen LogP contribution in [-0.4, -0.2) is 61.4 Å². The summed E-state index contributed by atoms with van der Waals surface area (Å²) in [6.07, 6.45) is 5.78. The predicted octanol–water partition coefficient (Wildman–Crippen LogP) is 1.86. The number of hydrogen-bond donors (Lipinski definition) is 0.